The molecule has 4 nitrogen and oxygen atoms in total. The SMILES string of the molecule is Cc1cc(C(N)Cc2nccn2C)ccn1. The van der Waals surface area contributed by atoms with Gasteiger partial charge < -0.3 is 10.3 Å². The highest BCUT2D eigenvalue weighted by molar-refractivity contribution is 5.20. The van der Waals surface area contributed by atoms with Gasteiger partial charge in [0.15, 0.2) is 0 Å². The minimum Gasteiger partial charge on any atom is -0.338 e. The molecule has 1 atom stereocenters. The van der Waals surface area contributed by atoms with Gasteiger partial charge in [-0.05, 0) is 24.6 Å². The largest absolute Gasteiger partial charge is 0.338 e. The van der Waals surface area contributed by atoms with Gasteiger partial charge in [-0.2, -0.15) is 0 Å². The second kappa shape index (κ2) is 4.45. The number of rotatable bonds is 3. The molecule has 0 spiro atoms. The fourth-order valence-corrected chi connectivity index (χ4v) is 1.71. The van der Waals surface area contributed by atoms with Gasteiger partial charge in [0.2, 0.25) is 0 Å². The summed E-state index contributed by atoms with van der Waals surface area (Å²) < 4.78 is 1.99. The highest BCUT2D eigenvalue weighted by atomic mass is 15.0. The summed E-state index contributed by atoms with van der Waals surface area (Å²) in [6.07, 6.45) is 6.26. The third kappa shape index (κ3) is 2.28. The van der Waals surface area contributed by atoms with Crippen LogP contribution >= 0.6 is 0 Å². The van der Waals surface area contributed by atoms with Crippen molar-refractivity contribution in [1.29, 1.82) is 0 Å². The first kappa shape index (κ1) is 10.8. The maximum atomic E-state index is 6.14. The minimum absolute atomic E-state index is 0.0252. The van der Waals surface area contributed by atoms with Gasteiger partial charge in [-0.25, -0.2) is 4.98 Å². The van der Waals surface area contributed by atoms with Crippen LogP contribution in [-0.4, -0.2) is 14.5 Å². The van der Waals surface area contributed by atoms with E-state index in [4.69, 9.17) is 5.73 Å². The second-order valence-corrected chi connectivity index (χ2v) is 4.00. The van der Waals surface area contributed by atoms with Crippen LogP contribution in [0.25, 0.3) is 0 Å². The Balaban J connectivity index is 2.14. The summed E-state index contributed by atoms with van der Waals surface area (Å²) in [6.45, 7) is 1.97. The Labute approximate surface area is 95.1 Å². The second-order valence-electron chi connectivity index (χ2n) is 4.00. The first-order valence-corrected chi connectivity index (χ1v) is 5.31. The van der Waals surface area contributed by atoms with Crippen LogP contribution in [0.2, 0.25) is 0 Å². The molecular weight excluding hydrogens is 200 g/mol. The lowest BCUT2D eigenvalue weighted by molar-refractivity contribution is 0.658. The monoisotopic (exact) mass is 216 g/mol. The van der Waals surface area contributed by atoms with Crippen molar-refractivity contribution in [1.82, 2.24) is 14.5 Å². The summed E-state index contributed by atoms with van der Waals surface area (Å²) in [4.78, 5) is 8.43. The average Bonchev–Trinajstić information content (AvgIpc) is 2.64. The lowest BCUT2D eigenvalue weighted by atomic mass is 10.1. The number of imidazole rings is 1. The van der Waals surface area contributed by atoms with E-state index in [9.17, 15) is 0 Å². The molecule has 0 bridgehead atoms. The smallest absolute Gasteiger partial charge is 0.110 e. The third-order valence-corrected chi connectivity index (χ3v) is 2.67. The summed E-state index contributed by atoms with van der Waals surface area (Å²) in [5, 5.41) is 0. The van der Waals surface area contributed by atoms with Crippen LogP contribution < -0.4 is 5.73 Å². The standard InChI is InChI=1S/C12H16N4/c1-9-7-10(3-4-14-9)11(13)8-12-15-5-6-16(12)2/h3-7,11H,8,13H2,1-2H3. The van der Waals surface area contributed by atoms with Crippen LogP contribution in [-0.2, 0) is 13.5 Å². The van der Waals surface area contributed by atoms with Crippen molar-refractivity contribution >= 4 is 0 Å². The van der Waals surface area contributed by atoms with Gasteiger partial charge in [0.05, 0.1) is 0 Å². The number of aromatic nitrogens is 3. The molecule has 0 radical (unpaired) electrons. The highest BCUT2D eigenvalue weighted by Crippen LogP contribution is 2.14. The molecule has 2 aromatic rings. The molecule has 2 heterocycles. The number of hydrogen-bond acceptors (Lipinski definition) is 3. The summed E-state index contributed by atoms with van der Waals surface area (Å²) in [6, 6.07) is 3.96. The van der Waals surface area contributed by atoms with Crippen molar-refractivity contribution in [2.75, 3.05) is 0 Å². The van der Waals surface area contributed by atoms with E-state index in [0.29, 0.717) is 0 Å². The molecule has 2 rings (SSSR count). The number of nitrogens with two attached hydrogens (primary N) is 1. The van der Waals surface area contributed by atoms with Crippen molar-refractivity contribution in [3.63, 3.8) is 0 Å². The summed E-state index contributed by atoms with van der Waals surface area (Å²) in [7, 11) is 1.98. The van der Waals surface area contributed by atoms with Crippen molar-refractivity contribution in [3.05, 3.63) is 47.8 Å². The average molecular weight is 216 g/mol. The Morgan fingerprint density at radius 3 is 2.81 bits per heavy atom. The van der Waals surface area contributed by atoms with E-state index < -0.39 is 0 Å². The Morgan fingerprint density at radius 2 is 2.19 bits per heavy atom. The van der Waals surface area contributed by atoms with Crippen molar-refractivity contribution < 1.29 is 0 Å². The molecule has 0 aliphatic rings. The molecule has 16 heavy (non-hydrogen) atoms. The Hall–Kier alpha value is -1.68. The molecule has 2 N–H and O–H groups in total. The van der Waals surface area contributed by atoms with Crippen LogP contribution in [0.1, 0.15) is 23.1 Å². The molecule has 0 aliphatic carbocycles. The fourth-order valence-electron chi connectivity index (χ4n) is 1.71. The molecule has 0 amide bonds. The van der Waals surface area contributed by atoms with E-state index in [1.54, 1.807) is 12.4 Å². The fraction of sp³-hybridized carbons (Fsp3) is 0.333. The van der Waals surface area contributed by atoms with Crippen LogP contribution in [0.5, 0.6) is 0 Å². The summed E-state index contributed by atoms with van der Waals surface area (Å²) in [5.74, 6) is 1.00. The Kier molecular flexibility index (Phi) is 3.01. The molecule has 0 aromatic carbocycles. The Morgan fingerprint density at radius 1 is 1.38 bits per heavy atom. The van der Waals surface area contributed by atoms with Crippen LogP contribution in [0.4, 0.5) is 0 Å². The molecule has 84 valence electrons. The molecule has 4 heteroatoms. The summed E-state index contributed by atoms with van der Waals surface area (Å²) in [5.41, 5.74) is 8.24. The van der Waals surface area contributed by atoms with E-state index in [1.165, 1.54) is 0 Å². The zero-order valence-corrected chi connectivity index (χ0v) is 9.59. The van der Waals surface area contributed by atoms with Gasteiger partial charge in [-0.15, -0.1) is 0 Å². The van der Waals surface area contributed by atoms with E-state index >= 15 is 0 Å². The van der Waals surface area contributed by atoms with Crippen molar-refractivity contribution in [2.24, 2.45) is 12.8 Å². The molecule has 0 aliphatic heterocycles. The Bertz CT molecular complexity index is 475. The molecule has 2 aromatic heterocycles. The van der Waals surface area contributed by atoms with E-state index in [-0.39, 0.29) is 6.04 Å². The van der Waals surface area contributed by atoms with E-state index in [0.717, 1.165) is 23.5 Å². The predicted octanol–water partition coefficient (Wildman–Crippen LogP) is 1.37. The quantitative estimate of drug-likeness (QED) is 0.843. The van der Waals surface area contributed by atoms with Gasteiger partial charge in [0.1, 0.15) is 5.82 Å². The van der Waals surface area contributed by atoms with Crippen molar-refractivity contribution in [3.8, 4) is 0 Å². The predicted molar refractivity (Wildman–Crippen MR) is 62.8 cm³/mol. The summed E-state index contributed by atoms with van der Waals surface area (Å²) >= 11 is 0. The number of aryl methyl sites for hydroxylation is 2. The first-order chi connectivity index (χ1) is 7.66. The highest BCUT2D eigenvalue weighted by Gasteiger charge is 2.10. The van der Waals surface area contributed by atoms with Crippen molar-refractivity contribution in [2.45, 2.75) is 19.4 Å². The number of pyridine rings is 1. The van der Waals surface area contributed by atoms with Crippen LogP contribution in [0, 0.1) is 6.92 Å². The minimum atomic E-state index is -0.0252. The normalized spacial score (nSPS) is 12.7. The van der Waals surface area contributed by atoms with Gasteiger partial charge in [-0.1, -0.05) is 0 Å². The molecule has 1 unspecified atom stereocenters. The molecule has 0 fully saturated rings. The van der Waals surface area contributed by atoms with E-state index in [1.807, 2.05) is 36.9 Å². The van der Waals surface area contributed by atoms with Crippen LogP contribution in [0.3, 0.4) is 0 Å². The van der Waals surface area contributed by atoms with Gasteiger partial charge >= 0.3 is 0 Å². The lowest BCUT2D eigenvalue weighted by Gasteiger charge is -2.12. The zero-order chi connectivity index (χ0) is 11.5. The van der Waals surface area contributed by atoms with Gasteiger partial charge in [0, 0.05) is 43.8 Å². The van der Waals surface area contributed by atoms with Gasteiger partial charge in [0.25, 0.3) is 0 Å². The molecule has 0 saturated heterocycles. The zero-order valence-electron chi connectivity index (χ0n) is 9.59. The maximum absolute atomic E-state index is 6.14. The lowest BCUT2D eigenvalue weighted by Crippen LogP contribution is -2.16. The topological polar surface area (TPSA) is 56.7 Å². The maximum Gasteiger partial charge on any atom is 0.110 e. The third-order valence-electron chi connectivity index (χ3n) is 2.67. The molecule has 0 saturated carbocycles. The number of hydrogen-bond donors (Lipinski definition) is 1. The van der Waals surface area contributed by atoms with E-state index in [2.05, 4.69) is 9.97 Å². The van der Waals surface area contributed by atoms with Gasteiger partial charge in [-0.3, -0.25) is 4.98 Å². The first-order valence-electron chi connectivity index (χ1n) is 5.31. The number of nitrogens with zero attached hydrogens (tertiary/aromatic N) is 3. The molecular formula is C12H16N4. The van der Waals surface area contributed by atoms with Crippen LogP contribution in [0.15, 0.2) is 30.7 Å².